The molecule has 2 heterocycles. The summed E-state index contributed by atoms with van der Waals surface area (Å²) in [5.41, 5.74) is 2.30. The molecule has 226 valence electrons. The van der Waals surface area contributed by atoms with Gasteiger partial charge in [0, 0.05) is 29.3 Å². The Morgan fingerprint density at radius 2 is 1.82 bits per heavy atom. The standard InChI is InChI=1S/C32H29N3O8S/c1-5-42-31(37)28-19(2)33-32-34(29(28)24-15-14-23(40-3)17-26(24)41-4)30(36)27(44-32)16-21-8-6-7-9-25(21)43-18-20-10-12-22(13-11-20)35(38)39/h6-17,29H,5,18H2,1-4H3/b27-16-/t29-/m0/s1. The second-order valence-corrected chi connectivity index (χ2v) is 10.7. The lowest BCUT2D eigenvalue weighted by atomic mass is 9.95. The summed E-state index contributed by atoms with van der Waals surface area (Å²) in [6.07, 6.45) is 1.72. The number of carbonyl (C=O) groups is 1. The van der Waals surface area contributed by atoms with Gasteiger partial charge in [0.15, 0.2) is 4.80 Å². The Kier molecular flexibility index (Phi) is 8.91. The Labute approximate surface area is 256 Å². The van der Waals surface area contributed by atoms with Gasteiger partial charge in [-0.15, -0.1) is 0 Å². The largest absolute Gasteiger partial charge is 0.497 e. The number of non-ortho nitro benzene ring substituents is 1. The highest BCUT2D eigenvalue weighted by Gasteiger charge is 2.35. The molecule has 1 aliphatic rings. The quantitative estimate of drug-likeness (QED) is 0.147. The monoisotopic (exact) mass is 615 g/mol. The van der Waals surface area contributed by atoms with Crippen molar-refractivity contribution >= 4 is 29.1 Å². The Hall–Kier alpha value is -5.23. The average Bonchev–Trinajstić information content (AvgIpc) is 3.33. The number of allylic oxidation sites excluding steroid dienone is 1. The molecule has 0 aliphatic carbocycles. The zero-order valence-corrected chi connectivity index (χ0v) is 25.3. The van der Waals surface area contributed by atoms with Crippen molar-refractivity contribution < 1.29 is 28.7 Å². The van der Waals surface area contributed by atoms with Crippen molar-refractivity contribution in [2.24, 2.45) is 4.99 Å². The van der Waals surface area contributed by atoms with Crippen LogP contribution in [0.4, 0.5) is 5.69 Å². The van der Waals surface area contributed by atoms with Gasteiger partial charge < -0.3 is 18.9 Å². The van der Waals surface area contributed by atoms with Crippen molar-refractivity contribution in [1.82, 2.24) is 4.57 Å². The molecule has 3 aromatic carbocycles. The summed E-state index contributed by atoms with van der Waals surface area (Å²) in [6.45, 7) is 3.76. The van der Waals surface area contributed by atoms with Crippen molar-refractivity contribution in [2.45, 2.75) is 26.5 Å². The van der Waals surface area contributed by atoms with Crippen LogP contribution in [0.3, 0.4) is 0 Å². The van der Waals surface area contributed by atoms with Crippen LogP contribution < -0.4 is 29.1 Å². The molecule has 0 fully saturated rings. The van der Waals surface area contributed by atoms with E-state index in [0.717, 1.165) is 5.56 Å². The third kappa shape index (κ3) is 5.97. The molecular weight excluding hydrogens is 586 g/mol. The van der Waals surface area contributed by atoms with E-state index >= 15 is 0 Å². The summed E-state index contributed by atoms with van der Waals surface area (Å²) in [4.78, 5) is 42.9. The van der Waals surface area contributed by atoms with Gasteiger partial charge in [-0.2, -0.15) is 0 Å². The van der Waals surface area contributed by atoms with Crippen LogP contribution in [0.15, 0.2) is 87.8 Å². The number of hydrogen-bond donors (Lipinski definition) is 0. The van der Waals surface area contributed by atoms with E-state index in [1.54, 1.807) is 63.4 Å². The van der Waals surface area contributed by atoms with Gasteiger partial charge in [-0.25, -0.2) is 9.79 Å². The van der Waals surface area contributed by atoms with Crippen LogP contribution >= 0.6 is 11.3 Å². The maximum atomic E-state index is 14.1. The van der Waals surface area contributed by atoms with Crippen LogP contribution in [0.25, 0.3) is 6.08 Å². The minimum atomic E-state index is -0.859. The molecule has 0 radical (unpaired) electrons. The first-order valence-corrected chi connectivity index (χ1v) is 14.4. The molecule has 44 heavy (non-hydrogen) atoms. The molecule has 0 amide bonds. The number of hydrogen-bond acceptors (Lipinski definition) is 10. The predicted octanol–water partition coefficient (Wildman–Crippen LogP) is 4.30. The number of rotatable bonds is 10. The highest BCUT2D eigenvalue weighted by molar-refractivity contribution is 7.07. The van der Waals surface area contributed by atoms with Crippen LogP contribution in [0.1, 0.15) is 36.6 Å². The zero-order valence-electron chi connectivity index (χ0n) is 24.4. The maximum Gasteiger partial charge on any atom is 0.338 e. The van der Waals surface area contributed by atoms with Crippen LogP contribution in [-0.2, 0) is 16.1 Å². The van der Waals surface area contributed by atoms with Crippen LogP contribution in [0.2, 0.25) is 0 Å². The van der Waals surface area contributed by atoms with Gasteiger partial charge in [-0.1, -0.05) is 29.5 Å². The molecule has 1 aliphatic heterocycles. The number of nitro benzene ring substituents is 1. The minimum Gasteiger partial charge on any atom is -0.497 e. The van der Waals surface area contributed by atoms with Gasteiger partial charge in [0.2, 0.25) is 0 Å². The lowest BCUT2D eigenvalue weighted by Gasteiger charge is -2.26. The van der Waals surface area contributed by atoms with E-state index in [1.807, 2.05) is 18.2 Å². The van der Waals surface area contributed by atoms with Crippen LogP contribution in [-0.4, -0.2) is 36.3 Å². The summed E-state index contributed by atoms with van der Waals surface area (Å²) >= 11 is 1.19. The van der Waals surface area contributed by atoms with E-state index in [0.29, 0.717) is 43.4 Å². The number of carbonyl (C=O) groups excluding carboxylic acids is 1. The van der Waals surface area contributed by atoms with Crippen LogP contribution in [0, 0.1) is 10.1 Å². The number of methoxy groups -OCH3 is 2. The normalized spacial score (nSPS) is 14.5. The number of fused-ring (bicyclic) bond motifs is 1. The first kappa shape index (κ1) is 30.2. The zero-order chi connectivity index (χ0) is 31.4. The molecule has 0 saturated heterocycles. The van der Waals surface area contributed by atoms with Gasteiger partial charge in [0.1, 0.15) is 29.9 Å². The van der Waals surface area contributed by atoms with Crippen molar-refractivity contribution in [3.63, 3.8) is 0 Å². The molecule has 0 bridgehead atoms. The fourth-order valence-corrected chi connectivity index (χ4v) is 5.92. The first-order valence-electron chi connectivity index (χ1n) is 13.6. The third-order valence-electron chi connectivity index (χ3n) is 7.00. The molecule has 0 saturated carbocycles. The number of thiazole rings is 1. The van der Waals surface area contributed by atoms with Gasteiger partial charge in [0.05, 0.1) is 41.6 Å². The van der Waals surface area contributed by atoms with Gasteiger partial charge in [-0.3, -0.25) is 19.5 Å². The summed E-state index contributed by atoms with van der Waals surface area (Å²) in [7, 11) is 3.05. The third-order valence-corrected chi connectivity index (χ3v) is 7.98. The Balaban J connectivity index is 1.59. The SMILES string of the molecule is CCOC(=O)C1=C(C)N=c2s/c(=C\c3ccccc3OCc3ccc([N+](=O)[O-])cc3)c(=O)n2[C@H]1c1ccc(OC)cc1OC. The predicted molar refractivity (Wildman–Crippen MR) is 164 cm³/mol. The van der Waals surface area contributed by atoms with Gasteiger partial charge in [-0.05, 0) is 55.8 Å². The summed E-state index contributed by atoms with van der Waals surface area (Å²) in [5.74, 6) is 0.941. The van der Waals surface area contributed by atoms with Crippen molar-refractivity contribution in [3.05, 3.63) is 124 Å². The Morgan fingerprint density at radius 1 is 1.07 bits per heavy atom. The summed E-state index contributed by atoms with van der Waals surface area (Å²) in [6, 6.07) is 17.7. The number of nitrogens with zero attached hydrogens (tertiary/aromatic N) is 3. The van der Waals surface area contributed by atoms with E-state index in [-0.39, 0.29) is 30.0 Å². The Bertz CT molecular complexity index is 1940. The van der Waals surface area contributed by atoms with E-state index < -0.39 is 16.9 Å². The average molecular weight is 616 g/mol. The van der Waals surface area contributed by atoms with Crippen LogP contribution in [0.5, 0.6) is 17.2 Å². The number of nitro groups is 1. The molecule has 0 spiro atoms. The summed E-state index contributed by atoms with van der Waals surface area (Å²) in [5, 5.41) is 11.0. The smallest absolute Gasteiger partial charge is 0.338 e. The number of benzene rings is 3. The molecule has 4 aromatic rings. The molecule has 0 N–H and O–H groups in total. The number of para-hydroxylation sites is 1. The number of esters is 1. The van der Waals surface area contributed by atoms with E-state index in [2.05, 4.69) is 4.99 Å². The number of ether oxygens (including phenoxy) is 4. The molecule has 0 unspecified atom stereocenters. The van der Waals surface area contributed by atoms with E-state index in [1.165, 1.54) is 35.1 Å². The fourth-order valence-electron chi connectivity index (χ4n) is 4.88. The van der Waals surface area contributed by atoms with Crippen molar-refractivity contribution in [3.8, 4) is 17.2 Å². The Morgan fingerprint density at radius 3 is 2.50 bits per heavy atom. The fraction of sp³-hybridized carbons (Fsp3) is 0.219. The molecule has 11 nitrogen and oxygen atoms in total. The van der Waals surface area contributed by atoms with E-state index in [9.17, 15) is 19.7 Å². The molecule has 5 rings (SSSR count). The highest BCUT2D eigenvalue weighted by Crippen LogP contribution is 2.37. The second kappa shape index (κ2) is 13.0. The maximum absolute atomic E-state index is 14.1. The highest BCUT2D eigenvalue weighted by atomic mass is 32.1. The topological polar surface area (TPSA) is 131 Å². The van der Waals surface area contributed by atoms with Crippen molar-refractivity contribution in [2.75, 3.05) is 20.8 Å². The minimum absolute atomic E-state index is 0.00330. The summed E-state index contributed by atoms with van der Waals surface area (Å²) < 4.78 is 24.3. The second-order valence-electron chi connectivity index (χ2n) is 9.66. The van der Waals surface area contributed by atoms with Gasteiger partial charge >= 0.3 is 5.97 Å². The van der Waals surface area contributed by atoms with Crippen molar-refractivity contribution in [1.29, 1.82) is 0 Å². The molecular formula is C32H29N3O8S. The lowest BCUT2D eigenvalue weighted by molar-refractivity contribution is -0.384. The molecule has 12 heteroatoms. The molecule has 1 atom stereocenters. The molecule has 1 aromatic heterocycles. The lowest BCUT2D eigenvalue weighted by Crippen LogP contribution is -2.40. The number of aromatic nitrogens is 1. The van der Waals surface area contributed by atoms with Gasteiger partial charge in [0.25, 0.3) is 11.2 Å². The van der Waals surface area contributed by atoms with E-state index in [4.69, 9.17) is 18.9 Å². The first-order chi connectivity index (χ1) is 21.2.